The largest absolute Gasteiger partial charge is 0.491 e. The number of fused-ring (bicyclic) bond motifs is 1. The quantitative estimate of drug-likeness (QED) is 0.740. The first-order chi connectivity index (χ1) is 14.8. The van der Waals surface area contributed by atoms with Gasteiger partial charge < -0.3 is 24.4 Å². The standard InChI is InChI=1S/C23H37N3O5/c1-7-10-26-12-16(2)21(30-6)13-25(4)23(28)19-9-8-18(24-22(27)15-29-5)11-20(19)31-14-17(26)3/h8-9,11,16-17,21H,7,10,12-15H2,1-6H3,(H,24,27)/t16-,17+,21-/m0/s1. The number of hydrogen-bond acceptors (Lipinski definition) is 6. The van der Waals surface area contributed by atoms with Gasteiger partial charge in [0.15, 0.2) is 0 Å². The minimum atomic E-state index is -0.265. The third-order valence-electron chi connectivity index (χ3n) is 5.65. The van der Waals surface area contributed by atoms with Crippen molar-refractivity contribution < 1.29 is 23.8 Å². The summed E-state index contributed by atoms with van der Waals surface area (Å²) >= 11 is 0. The Morgan fingerprint density at radius 3 is 2.65 bits per heavy atom. The summed E-state index contributed by atoms with van der Waals surface area (Å²) in [7, 11) is 4.94. The maximum absolute atomic E-state index is 13.2. The van der Waals surface area contributed by atoms with E-state index >= 15 is 0 Å². The molecule has 0 bridgehead atoms. The smallest absolute Gasteiger partial charge is 0.257 e. The van der Waals surface area contributed by atoms with E-state index in [9.17, 15) is 9.59 Å². The second-order valence-electron chi connectivity index (χ2n) is 8.28. The van der Waals surface area contributed by atoms with Crippen molar-refractivity contribution in [1.29, 1.82) is 0 Å². The van der Waals surface area contributed by atoms with Crippen molar-refractivity contribution in [3.63, 3.8) is 0 Å². The van der Waals surface area contributed by atoms with Crippen LogP contribution in [-0.2, 0) is 14.3 Å². The summed E-state index contributed by atoms with van der Waals surface area (Å²) in [5, 5.41) is 2.77. The Morgan fingerprint density at radius 1 is 1.26 bits per heavy atom. The highest BCUT2D eigenvalue weighted by Gasteiger charge is 2.28. The van der Waals surface area contributed by atoms with E-state index < -0.39 is 0 Å². The average molecular weight is 436 g/mol. The molecule has 174 valence electrons. The van der Waals surface area contributed by atoms with Gasteiger partial charge >= 0.3 is 0 Å². The summed E-state index contributed by atoms with van der Waals surface area (Å²) in [5.74, 6) is 0.306. The van der Waals surface area contributed by atoms with E-state index in [0.29, 0.717) is 30.2 Å². The Morgan fingerprint density at radius 2 is 2.00 bits per heavy atom. The van der Waals surface area contributed by atoms with Crippen LogP contribution in [0.4, 0.5) is 5.69 Å². The van der Waals surface area contributed by atoms with Crippen LogP contribution in [0.15, 0.2) is 18.2 Å². The lowest BCUT2D eigenvalue weighted by atomic mass is 10.0. The molecule has 0 unspecified atom stereocenters. The topological polar surface area (TPSA) is 80.3 Å². The SMILES string of the molecule is CCCN1C[C@H](C)[C@@H](OC)CN(C)C(=O)c2ccc(NC(=O)COC)cc2OC[C@H]1C. The van der Waals surface area contributed by atoms with Crippen molar-refractivity contribution in [3.05, 3.63) is 23.8 Å². The van der Waals surface area contributed by atoms with Crippen molar-refractivity contribution >= 4 is 17.5 Å². The fraction of sp³-hybridized carbons (Fsp3) is 0.652. The molecular formula is C23H37N3O5. The molecule has 31 heavy (non-hydrogen) atoms. The fourth-order valence-corrected chi connectivity index (χ4v) is 3.85. The number of ether oxygens (including phenoxy) is 3. The summed E-state index contributed by atoms with van der Waals surface area (Å²) in [5.41, 5.74) is 1.02. The predicted molar refractivity (Wildman–Crippen MR) is 121 cm³/mol. The molecule has 0 saturated carbocycles. The molecule has 8 nitrogen and oxygen atoms in total. The van der Waals surface area contributed by atoms with Gasteiger partial charge in [-0.25, -0.2) is 0 Å². The molecule has 1 aliphatic rings. The van der Waals surface area contributed by atoms with Crippen molar-refractivity contribution in [2.75, 3.05) is 59.4 Å². The van der Waals surface area contributed by atoms with Crippen LogP contribution < -0.4 is 10.1 Å². The highest BCUT2D eigenvalue weighted by Crippen LogP contribution is 2.27. The zero-order chi connectivity index (χ0) is 23.0. The number of anilines is 1. The molecule has 0 radical (unpaired) electrons. The summed E-state index contributed by atoms with van der Waals surface area (Å²) in [6.45, 7) is 9.16. The Kier molecular flexibility index (Phi) is 9.74. The average Bonchev–Trinajstić information content (AvgIpc) is 2.74. The van der Waals surface area contributed by atoms with Crippen LogP contribution in [0.1, 0.15) is 37.6 Å². The third-order valence-corrected chi connectivity index (χ3v) is 5.65. The van der Waals surface area contributed by atoms with Crippen molar-refractivity contribution in [3.8, 4) is 5.75 Å². The number of hydrogen-bond donors (Lipinski definition) is 1. The first-order valence-corrected chi connectivity index (χ1v) is 10.9. The van der Waals surface area contributed by atoms with E-state index in [-0.39, 0.29) is 36.5 Å². The van der Waals surface area contributed by atoms with Crippen molar-refractivity contribution in [1.82, 2.24) is 9.80 Å². The fourth-order valence-electron chi connectivity index (χ4n) is 3.85. The lowest BCUT2D eigenvalue weighted by molar-refractivity contribution is -0.119. The Bertz CT molecular complexity index is 742. The first-order valence-electron chi connectivity index (χ1n) is 10.9. The monoisotopic (exact) mass is 435 g/mol. The van der Waals surface area contributed by atoms with Crippen molar-refractivity contribution in [2.45, 2.75) is 39.3 Å². The van der Waals surface area contributed by atoms with Gasteiger partial charge in [0.2, 0.25) is 5.91 Å². The lowest BCUT2D eigenvalue weighted by Gasteiger charge is -2.35. The number of carbonyl (C=O) groups is 2. The van der Waals surface area contributed by atoms with Crippen LogP contribution in [-0.4, -0.2) is 87.9 Å². The molecule has 1 N–H and O–H groups in total. The third kappa shape index (κ3) is 6.92. The second-order valence-corrected chi connectivity index (χ2v) is 8.28. The Labute approximate surface area is 185 Å². The van der Waals surface area contributed by atoms with Crippen LogP contribution >= 0.6 is 0 Å². The second kappa shape index (κ2) is 12.0. The van der Waals surface area contributed by atoms with Gasteiger partial charge in [0.25, 0.3) is 5.91 Å². The molecule has 1 heterocycles. The molecule has 0 saturated heterocycles. The number of nitrogens with one attached hydrogen (secondary N) is 1. The number of likely N-dealkylation sites (N-methyl/N-ethyl adjacent to an activating group) is 1. The van der Waals surface area contributed by atoms with Crippen LogP contribution in [0.25, 0.3) is 0 Å². The molecule has 3 atom stereocenters. The zero-order valence-electron chi connectivity index (χ0n) is 19.6. The van der Waals surface area contributed by atoms with Gasteiger partial charge in [0, 0.05) is 52.2 Å². The maximum Gasteiger partial charge on any atom is 0.257 e. The predicted octanol–water partition coefficient (Wildman–Crippen LogP) is 2.49. The number of benzene rings is 1. The van der Waals surface area contributed by atoms with Gasteiger partial charge in [0.1, 0.15) is 19.0 Å². The van der Waals surface area contributed by atoms with E-state index in [0.717, 1.165) is 19.5 Å². The van der Waals surface area contributed by atoms with E-state index in [1.807, 2.05) is 0 Å². The van der Waals surface area contributed by atoms with Crippen molar-refractivity contribution in [2.24, 2.45) is 5.92 Å². The van der Waals surface area contributed by atoms with E-state index in [2.05, 4.69) is 31.0 Å². The number of carbonyl (C=O) groups excluding carboxylic acids is 2. The molecule has 1 aliphatic heterocycles. The number of methoxy groups -OCH3 is 2. The molecule has 0 aromatic heterocycles. The normalized spacial score (nSPS) is 23.4. The van der Waals surface area contributed by atoms with Gasteiger partial charge in [-0.05, 0) is 37.9 Å². The van der Waals surface area contributed by atoms with Gasteiger partial charge in [-0.15, -0.1) is 0 Å². The van der Waals surface area contributed by atoms with E-state index in [1.165, 1.54) is 7.11 Å². The molecule has 1 aromatic rings. The molecular weight excluding hydrogens is 398 g/mol. The molecule has 8 heteroatoms. The van der Waals surface area contributed by atoms with Crippen LogP contribution in [0, 0.1) is 5.92 Å². The number of rotatable bonds is 6. The van der Waals surface area contributed by atoms with Gasteiger partial charge in [0.05, 0.1) is 11.7 Å². The van der Waals surface area contributed by atoms with Crippen LogP contribution in [0.5, 0.6) is 5.75 Å². The molecule has 0 spiro atoms. The van der Waals surface area contributed by atoms with Gasteiger partial charge in [-0.1, -0.05) is 13.8 Å². The Balaban J connectivity index is 2.38. The minimum Gasteiger partial charge on any atom is -0.491 e. The highest BCUT2D eigenvalue weighted by atomic mass is 16.5. The summed E-state index contributed by atoms with van der Waals surface area (Å²) in [4.78, 5) is 29.2. The summed E-state index contributed by atoms with van der Waals surface area (Å²) < 4.78 is 16.8. The molecule has 2 amide bonds. The maximum atomic E-state index is 13.2. The van der Waals surface area contributed by atoms with Gasteiger partial charge in [-0.3, -0.25) is 14.5 Å². The molecule has 1 aromatic carbocycles. The van der Waals surface area contributed by atoms with E-state index in [1.54, 1.807) is 37.3 Å². The minimum absolute atomic E-state index is 0.0424. The van der Waals surface area contributed by atoms with E-state index in [4.69, 9.17) is 14.2 Å². The zero-order valence-corrected chi connectivity index (χ0v) is 19.6. The first kappa shape index (κ1) is 25.1. The molecule has 0 fully saturated rings. The highest BCUT2D eigenvalue weighted by molar-refractivity contribution is 5.98. The Hall–Kier alpha value is -2.16. The summed E-state index contributed by atoms with van der Waals surface area (Å²) in [6.07, 6.45) is 0.969. The van der Waals surface area contributed by atoms with Crippen LogP contribution in [0.2, 0.25) is 0 Å². The van der Waals surface area contributed by atoms with Gasteiger partial charge in [-0.2, -0.15) is 0 Å². The number of amides is 2. The van der Waals surface area contributed by atoms with Crippen LogP contribution in [0.3, 0.4) is 0 Å². The lowest BCUT2D eigenvalue weighted by Crippen LogP contribution is -2.46. The summed E-state index contributed by atoms with van der Waals surface area (Å²) in [6, 6.07) is 5.26. The molecule has 0 aliphatic carbocycles. The number of nitrogens with zero attached hydrogens (tertiary/aromatic N) is 2. The molecule has 2 rings (SSSR count).